The van der Waals surface area contributed by atoms with Gasteiger partial charge in [-0.05, 0) is 49.2 Å². The van der Waals surface area contributed by atoms with Crippen LogP contribution in [-0.2, 0) is 18.8 Å². The number of nitrogens with zero attached hydrogens (tertiary/aromatic N) is 2. The summed E-state index contributed by atoms with van der Waals surface area (Å²) >= 11 is 6.03. The molecule has 3 aromatic rings. The second kappa shape index (κ2) is 12.3. The number of H-pyrrole nitrogens is 1. The summed E-state index contributed by atoms with van der Waals surface area (Å²) < 4.78 is 81.3. The van der Waals surface area contributed by atoms with Crippen molar-refractivity contribution >= 4 is 23.3 Å². The second-order valence-corrected chi connectivity index (χ2v) is 9.57. The number of unbranched alkanes of at least 4 members (excludes halogenated alkanes) is 1. The Balaban J connectivity index is 2.04. The van der Waals surface area contributed by atoms with Gasteiger partial charge in [-0.25, -0.2) is 4.68 Å². The number of aromatic amines is 1. The Labute approximate surface area is 230 Å². The summed E-state index contributed by atoms with van der Waals surface area (Å²) in [7, 11) is 0. The number of benzene rings is 2. The normalized spacial score (nSPS) is 12.0. The van der Waals surface area contributed by atoms with Crippen molar-refractivity contribution in [2.75, 3.05) is 13.1 Å². The van der Waals surface area contributed by atoms with Crippen LogP contribution >= 0.6 is 11.6 Å². The number of hydrogen-bond acceptors (Lipinski definition) is 3. The Morgan fingerprint density at radius 2 is 1.57 bits per heavy atom. The lowest BCUT2D eigenvalue weighted by atomic mass is 10.0. The number of ketones is 1. The molecule has 0 aliphatic heterocycles. The minimum Gasteiger partial charge on any atom is -0.331 e. The largest absolute Gasteiger partial charge is 0.416 e. The first-order valence-electron chi connectivity index (χ1n) is 12.4. The van der Waals surface area contributed by atoms with Crippen LogP contribution in [0.1, 0.15) is 70.6 Å². The number of Topliss-reactive ketones (excluding diaryl/α,β-unsaturated/α-hetero) is 1. The zero-order valence-corrected chi connectivity index (χ0v) is 22.3. The third kappa shape index (κ3) is 7.15. The van der Waals surface area contributed by atoms with Crippen LogP contribution in [0, 0.1) is 0 Å². The molecule has 2 aromatic carbocycles. The van der Waals surface area contributed by atoms with Gasteiger partial charge in [0.1, 0.15) is 5.56 Å². The van der Waals surface area contributed by atoms with Crippen molar-refractivity contribution in [3.63, 3.8) is 0 Å². The third-order valence-corrected chi connectivity index (χ3v) is 6.28. The van der Waals surface area contributed by atoms with Gasteiger partial charge < -0.3 is 4.90 Å². The van der Waals surface area contributed by atoms with Crippen LogP contribution in [0.25, 0.3) is 5.69 Å². The van der Waals surface area contributed by atoms with Crippen molar-refractivity contribution in [3.05, 3.63) is 85.8 Å². The Kier molecular flexibility index (Phi) is 9.55. The molecule has 0 aliphatic rings. The van der Waals surface area contributed by atoms with Crippen molar-refractivity contribution in [1.29, 1.82) is 0 Å². The highest BCUT2D eigenvalue weighted by atomic mass is 35.5. The molecule has 3 rings (SSSR count). The summed E-state index contributed by atoms with van der Waals surface area (Å²) in [4.78, 5) is 40.8. The predicted molar refractivity (Wildman–Crippen MR) is 137 cm³/mol. The van der Waals surface area contributed by atoms with E-state index in [-0.39, 0.29) is 30.3 Å². The number of carbonyl (C=O) groups excluding carboxylic acids is 2. The summed E-state index contributed by atoms with van der Waals surface area (Å²) in [6, 6.07) is 6.84. The molecule has 1 heterocycles. The highest BCUT2D eigenvalue weighted by Crippen LogP contribution is 2.36. The molecule has 0 fully saturated rings. The molecule has 1 aromatic heterocycles. The molecule has 0 bridgehead atoms. The molecule has 0 radical (unpaired) electrons. The fraction of sp³-hybridized carbons (Fsp3) is 0.370. The molecule has 0 saturated carbocycles. The Bertz CT molecular complexity index is 1410. The van der Waals surface area contributed by atoms with E-state index in [1.807, 2.05) is 6.92 Å². The monoisotopic (exact) mass is 589 g/mol. The van der Waals surface area contributed by atoms with Gasteiger partial charge in [0.05, 0.1) is 23.4 Å². The van der Waals surface area contributed by atoms with Crippen molar-refractivity contribution in [2.45, 2.75) is 51.9 Å². The highest BCUT2D eigenvalue weighted by Gasteiger charge is 2.38. The average Bonchev–Trinajstić information content (AvgIpc) is 3.20. The van der Waals surface area contributed by atoms with Gasteiger partial charge in [-0.3, -0.25) is 19.5 Å². The molecular weight excluding hydrogens is 564 g/mol. The average molecular weight is 590 g/mol. The van der Waals surface area contributed by atoms with Gasteiger partial charge >= 0.3 is 12.4 Å². The number of hydrogen-bond donors (Lipinski definition) is 1. The first-order chi connectivity index (χ1) is 18.7. The number of halogens is 7. The molecule has 0 unspecified atom stereocenters. The highest BCUT2D eigenvalue weighted by molar-refractivity contribution is 6.30. The number of rotatable bonds is 10. The zero-order valence-electron chi connectivity index (χ0n) is 21.5. The molecule has 1 N–H and O–H groups in total. The zero-order chi connectivity index (χ0) is 29.8. The van der Waals surface area contributed by atoms with Crippen LogP contribution in [-0.4, -0.2) is 39.5 Å². The third-order valence-electron chi connectivity index (χ3n) is 6.05. The van der Waals surface area contributed by atoms with Crippen LogP contribution in [0.3, 0.4) is 0 Å². The number of carbonyl (C=O) groups is 2. The molecule has 13 heteroatoms. The lowest BCUT2D eigenvalue weighted by molar-refractivity contribution is -0.143. The van der Waals surface area contributed by atoms with Crippen molar-refractivity contribution < 1.29 is 35.9 Å². The summed E-state index contributed by atoms with van der Waals surface area (Å²) in [5.41, 5.74) is -4.52. The van der Waals surface area contributed by atoms with Gasteiger partial charge in [-0.2, -0.15) is 26.3 Å². The standard InChI is InChI=1S/C27H26ClF6N3O3/c1-3-5-10-36(24(39)16-11-17(26(29,30)31)13-18(12-16)27(32,33)34)15-22(38)23-21(7-4-2)35-37(25(23)40)20-9-6-8-19(28)14-20/h6,8-9,11-14,35H,3-5,7,10,15H2,1-2H3. The van der Waals surface area contributed by atoms with E-state index in [4.69, 9.17) is 11.6 Å². The minimum atomic E-state index is -5.15. The lowest BCUT2D eigenvalue weighted by Crippen LogP contribution is -2.38. The van der Waals surface area contributed by atoms with Gasteiger partial charge in [0.2, 0.25) is 0 Å². The minimum absolute atomic E-state index is 0.0760. The van der Waals surface area contributed by atoms with Crippen LogP contribution in [0.5, 0.6) is 0 Å². The summed E-state index contributed by atoms with van der Waals surface area (Å²) in [6.07, 6.45) is -8.64. The van der Waals surface area contributed by atoms with Gasteiger partial charge in [-0.15, -0.1) is 0 Å². The van der Waals surface area contributed by atoms with Crippen molar-refractivity contribution in [3.8, 4) is 5.69 Å². The van der Waals surface area contributed by atoms with Crippen LogP contribution in [0.4, 0.5) is 26.3 Å². The van der Waals surface area contributed by atoms with Gasteiger partial charge in [0.15, 0.2) is 5.78 Å². The molecule has 0 spiro atoms. The number of alkyl halides is 6. The Morgan fingerprint density at radius 1 is 0.950 bits per heavy atom. The van der Waals surface area contributed by atoms with E-state index < -0.39 is 52.8 Å². The number of aromatic nitrogens is 2. The summed E-state index contributed by atoms with van der Waals surface area (Å²) in [5, 5.41) is 3.21. The van der Waals surface area contributed by atoms with E-state index in [1.54, 1.807) is 25.1 Å². The molecule has 0 aliphatic carbocycles. The van der Waals surface area contributed by atoms with Crippen LogP contribution in [0.15, 0.2) is 47.3 Å². The molecule has 0 atom stereocenters. The number of aryl methyl sites for hydroxylation is 1. The lowest BCUT2D eigenvalue weighted by Gasteiger charge is -2.23. The van der Waals surface area contributed by atoms with Crippen LogP contribution in [0.2, 0.25) is 5.02 Å². The van der Waals surface area contributed by atoms with E-state index in [9.17, 15) is 40.7 Å². The van der Waals surface area contributed by atoms with Crippen molar-refractivity contribution in [2.24, 2.45) is 0 Å². The fourth-order valence-electron chi connectivity index (χ4n) is 4.11. The second-order valence-electron chi connectivity index (χ2n) is 9.13. The smallest absolute Gasteiger partial charge is 0.331 e. The topological polar surface area (TPSA) is 75.2 Å². The number of amides is 1. The first-order valence-corrected chi connectivity index (χ1v) is 12.8. The van der Waals surface area contributed by atoms with Crippen molar-refractivity contribution in [1.82, 2.24) is 14.7 Å². The predicted octanol–water partition coefficient (Wildman–Crippen LogP) is 6.93. The molecule has 40 heavy (non-hydrogen) atoms. The quantitative estimate of drug-likeness (QED) is 0.206. The first kappa shape index (κ1) is 31.0. The maximum Gasteiger partial charge on any atom is 0.416 e. The van der Waals surface area contributed by atoms with Crippen LogP contribution < -0.4 is 5.56 Å². The van der Waals surface area contributed by atoms with Gasteiger partial charge in [0.25, 0.3) is 11.5 Å². The Hall–Kier alpha value is -3.54. The van der Waals surface area contributed by atoms with E-state index in [1.165, 1.54) is 6.07 Å². The Morgan fingerprint density at radius 3 is 2.10 bits per heavy atom. The van der Waals surface area contributed by atoms with E-state index in [0.717, 1.165) is 9.58 Å². The molecule has 0 saturated heterocycles. The molecule has 6 nitrogen and oxygen atoms in total. The van der Waals surface area contributed by atoms with Gasteiger partial charge in [-0.1, -0.05) is 44.4 Å². The van der Waals surface area contributed by atoms with E-state index in [0.29, 0.717) is 42.1 Å². The van der Waals surface area contributed by atoms with Gasteiger partial charge in [0, 0.05) is 22.8 Å². The fourth-order valence-corrected chi connectivity index (χ4v) is 4.30. The van der Waals surface area contributed by atoms with E-state index >= 15 is 0 Å². The maximum atomic E-state index is 13.4. The molecular formula is C27H26ClF6N3O3. The SMILES string of the molecule is CCCCN(CC(=O)c1c(CCC)[nH]n(-c2cccc(Cl)c2)c1=O)C(=O)c1cc(C(F)(F)F)cc(C(F)(F)F)c1. The maximum absolute atomic E-state index is 13.4. The summed E-state index contributed by atoms with van der Waals surface area (Å²) in [5.74, 6) is -2.00. The van der Waals surface area contributed by atoms with E-state index in [2.05, 4.69) is 5.10 Å². The molecule has 216 valence electrons. The number of nitrogens with one attached hydrogen (secondary N) is 1. The molecule has 1 amide bonds. The summed E-state index contributed by atoms with van der Waals surface area (Å²) in [6.45, 7) is 2.71.